The van der Waals surface area contributed by atoms with Crippen LogP contribution in [0.4, 0.5) is 5.69 Å². The average Bonchev–Trinajstić information content (AvgIpc) is 2.46. The maximum atomic E-state index is 12.2. The molecule has 2 rings (SSSR count). The summed E-state index contributed by atoms with van der Waals surface area (Å²) < 4.78 is 22.3. The molecule has 0 unspecified atom stereocenters. The number of carbonyl (C=O) groups is 2. The number of sulfonamides is 1. The Kier molecular flexibility index (Phi) is 4.25. The molecule has 0 aromatic heterocycles. The van der Waals surface area contributed by atoms with Gasteiger partial charge in [-0.2, -0.15) is 0 Å². The van der Waals surface area contributed by atoms with Gasteiger partial charge in [-0.25, -0.2) is 13.6 Å². The molecule has 0 spiro atoms. The third-order valence-corrected chi connectivity index (χ3v) is 3.81. The highest BCUT2D eigenvalue weighted by atomic mass is 32.2. The van der Waals surface area contributed by atoms with Gasteiger partial charge in [-0.05, 0) is 36.4 Å². The minimum absolute atomic E-state index is 0.0666. The van der Waals surface area contributed by atoms with Crippen molar-refractivity contribution < 1.29 is 18.0 Å². The maximum absolute atomic E-state index is 12.2. The summed E-state index contributed by atoms with van der Waals surface area (Å²) in [4.78, 5) is 23.4. The Morgan fingerprint density at radius 2 is 1.45 bits per heavy atom. The van der Waals surface area contributed by atoms with E-state index in [9.17, 15) is 18.0 Å². The molecule has 0 saturated carbocycles. The van der Waals surface area contributed by atoms with Gasteiger partial charge in [-0.3, -0.25) is 9.59 Å². The van der Waals surface area contributed by atoms with E-state index in [0.717, 1.165) is 0 Å². The van der Waals surface area contributed by atoms with Crippen LogP contribution in [0.2, 0.25) is 0 Å². The Hall–Kier alpha value is -2.71. The molecule has 5 N–H and O–H groups in total. The van der Waals surface area contributed by atoms with Gasteiger partial charge in [0.2, 0.25) is 15.9 Å². The smallest absolute Gasteiger partial charge is 0.256 e. The number of rotatable bonds is 4. The summed E-state index contributed by atoms with van der Waals surface area (Å²) in [5, 5.41) is 7.54. The number of benzene rings is 2. The van der Waals surface area contributed by atoms with Gasteiger partial charge in [0.1, 0.15) is 0 Å². The van der Waals surface area contributed by atoms with Crippen molar-refractivity contribution in [1.29, 1.82) is 0 Å². The van der Waals surface area contributed by atoms with E-state index in [1.54, 1.807) is 12.1 Å². The van der Waals surface area contributed by atoms with Crippen LogP contribution in [0.5, 0.6) is 0 Å². The molecule has 0 atom stereocenters. The van der Waals surface area contributed by atoms with E-state index < -0.39 is 21.8 Å². The van der Waals surface area contributed by atoms with Gasteiger partial charge in [-0.1, -0.05) is 12.1 Å². The van der Waals surface area contributed by atoms with Gasteiger partial charge in [0.15, 0.2) is 0 Å². The van der Waals surface area contributed by atoms with Gasteiger partial charge in [0, 0.05) is 5.69 Å². The molecule has 114 valence electrons. The Balaban J connectivity index is 2.25. The highest BCUT2D eigenvalue weighted by molar-refractivity contribution is 7.89. The Bertz CT molecular complexity index is 829. The van der Waals surface area contributed by atoms with E-state index in [1.165, 1.54) is 36.4 Å². The average molecular weight is 319 g/mol. The monoisotopic (exact) mass is 319 g/mol. The van der Waals surface area contributed by atoms with Crippen LogP contribution in [-0.4, -0.2) is 20.2 Å². The number of amides is 2. The highest BCUT2D eigenvalue weighted by Crippen LogP contribution is 2.15. The van der Waals surface area contributed by atoms with Gasteiger partial charge >= 0.3 is 0 Å². The fourth-order valence-corrected chi connectivity index (χ4v) is 2.34. The largest absolute Gasteiger partial charge is 0.366 e. The Labute approximate surface area is 127 Å². The molecule has 0 fully saturated rings. The second-order valence-electron chi connectivity index (χ2n) is 4.43. The zero-order valence-corrected chi connectivity index (χ0v) is 12.1. The van der Waals surface area contributed by atoms with Crippen LogP contribution in [0.25, 0.3) is 0 Å². The Morgan fingerprint density at radius 1 is 0.909 bits per heavy atom. The lowest BCUT2D eigenvalue weighted by Gasteiger charge is -2.08. The van der Waals surface area contributed by atoms with Crippen molar-refractivity contribution >= 4 is 27.5 Å². The number of hydrogen-bond donors (Lipinski definition) is 3. The SMILES string of the molecule is NC(=O)c1ccccc1C(=O)Nc1ccc(S(N)(=O)=O)cc1. The summed E-state index contributed by atoms with van der Waals surface area (Å²) in [7, 11) is -3.79. The molecule has 8 heteroatoms. The molecule has 0 saturated heterocycles. The van der Waals surface area contributed by atoms with Crippen LogP contribution < -0.4 is 16.2 Å². The first-order chi connectivity index (χ1) is 10.3. The number of nitrogens with two attached hydrogens (primary N) is 2. The van der Waals surface area contributed by atoms with Crippen molar-refractivity contribution in [2.45, 2.75) is 4.90 Å². The van der Waals surface area contributed by atoms with Crippen LogP contribution >= 0.6 is 0 Å². The topological polar surface area (TPSA) is 132 Å². The summed E-state index contributed by atoms with van der Waals surface area (Å²) in [6.45, 7) is 0. The minimum atomic E-state index is -3.79. The maximum Gasteiger partial charge on any atom is 0.256 e. The second-order valence-corrected chi connectivity index (χ2v) is 5.99. The number of primary sulfonamides is 1. The lowest BCUT2D eigenvalue weighted by molar-refractivity contribution is 0.0977. The molecule has 7 nitrogen and oxygen atoms in total. The lowest BCUT2D eigenvalue weighted by atomic mass is 10.1. The third kappa shape index (κ3) is 3.48. The predicted octanol–water partition coefficient (Wildman–Crippen LogP) is 0.685. The highest BCUT2D eigenvalue weighted by Gasteiger charge is 2.15. The van der Waals surface area contributed by atoms with E-state index in [0.29, 0.717) is 5.69 Å². The number of hydrogen-bond acceptors (Lipinski definition) is 4. The van der Waals surface area contributed by atoms with E-state index in [-0.39, 0.29) is 16.0 Å². The molecule has 2 aromatic carbocycles. The second kappa shape index (κ2) is 5.96. The molecule has 0 aliphatic rings. The van der Waals surface area contributed by atoms with Crippen LogP contribution in [0.3, 0.4) is 0 Å². The van der Waals surface area contributed by atoms with Crippen molar-refractivity contribution in [3.63, 3.8) is 0 Å². The van der Waals surface area contributed by atoms with Gasteiger partial charge in [0.05, 0.1) is 16.0 Å². The lowest BCUT2D eigenvalue weighted by Crippen LogP contribution is -2.20. The fourth-order valence-electron chi connectivity index (χ4n) is 1.82. The molecule has 0 bridgehead atoms. The molecule has 0 heterocycles. The molecular weight excluding hydrogens is 306 g/mol. The number of nitrogens with one attached hydrogen (secondary N) is 1. The normalized spacial score (nSPS) is 11.0. The van der Waals surface area contributed by atoms with Crippen LogP contribution in [0.15, 0.2) is 53.4 Å². The van der Waals surface area contributed by atoms with E-state index in [4.69, 9.17) is 10.9 Å². The third-order valence-electron chi connectivity index (χ3n) is 2.88. The number of carbonyl (C=O) groups excluding carboxylic acids is 2. The van der Waals surface area contributed by atoms with E-state index >= 15 is 0 Å². The molecular formula is C14H13N3O4S. The Morgan fingerprint density at radius 3 is 1.95 bits per heavy atom. The molecule has 22 heavy (non-hydrogen) atoms. The van der Waals surface area contributed by atoms with E-state index in [2.05, 4.69) is 5.32 Å². The molecule has 0 radical (unpaired) electrons. The zero-order chi connectivity index (χ0) is 16.3. The van der Waals surface area contributed by atoms with Crippen LogP contribution in [-0.2, 0) is 10.0 Å². The van der Waals surface area contributed by atoms with Crippen LogP contribution in [0, 0.1) is 0 Å². The quantitative estimate of drug-likeness (QED) is 0.764. The summed E-state index contributed by atoms with van der Waals surface area (Å²) in [6, 6.07) is 11.4. The van der Waals surface area contributed by atoms with Crippen molar-refractivity contribution in [2.24, 2.45) is 10.9 Å². The van der Waals surface area contributed by atoms with Gasteiger partial charge in [-0.15, -0.1) is 0 Å². The first-order valence-electron chi connectivity index (χ1n) is 6.12. The minimum Gasteiger partial charge on any atom is -0.366 e. The standard InChI is InChI=1S/C14H13N3O4S/c15-13(18)11-3-1-2-4-12(11)14(19)17-9-5-7-10(8-6-9)22(16,20)21/h1-8H,(H2,15,18)(H,17,19)(H2,16,20,21). The molecule has 0 aliphatic heterocycles. The summed E-state index contributed by atoms with van der Waals surface area (Å²) in [5.74, 6) is -1.24. The summed E-state index contributed by atoms with van der Waals surface area (Å²) in [5.41, 5.74) is 5.80. The fraction of sp³-hybridized carbons (Fsp3) is 0. The molecule has 0 aliphatic carbocycles. The first kappa shape index (κ1) is 15.7. The first-order valence-corrected chi connectivity index (χ1v) is 7.67. The van der Waals surface area contributed by atoms with Crippen molar-refractivity contribution in [3.05, 3.63) is 59.7 Å². The number of anilines is 1. The number of primary amides is 1. The van der Waals surface area contributed by atoms with Crippen molar-refractivity contribution in [2.75, 3.05) is 5.32 Å². The summed E-state index contributed by atoms with van der Waals surface area (Å²) >= 11 is 0. The van der Waals surface area contributed by atoms with E-state index in [1.807, 2.05) is 0 Å². The van der Waals surface area contributed by atoms with Gasteiger partial charge < -0.3 is 11.1 Å². The predicted molar refractivity (Wildman–Crippen MR) is 80.7 cm³/mol. The summed E-state index contributed by atoms with van der Waals surface area (Å²) in [6.07, 6.45) is 0. The van der Waals surface area contributed by atoms with Crippen molar-refractivity contribution in [1.82, 2.24) is 0 Å². The van der Waals surface area contributed by atoms with Crippen molar-refractivity contribution in [3.8, 4) is 0 Å². The van der Waals surface area contributed by atoms with Gasteiger partial charge in [0.25, 0.3) is 5.91 Å². The zero-order valence-electron chi connectivity index (χ0n) is 11.3. The molecule has 2 amide bonds. The van der Waals surface area contributed by atoms with Crippen LogP contribution in [0.1, 0.15) is 20.7 Å². The molecule has 2 aromatic rings.